The van der Waals surface area contributed by atoms with Gasteiger partial charge in [0.05, 0.1) is 10.7 Å². The van der Waals surface area contributed by atoms with Crippen molar-refractivity contribution in [1.82, 2.24) is 0 Å². The summed E-state index contributed by atoms with van der Waals surface area (Å²) in [5, 5.41) is 0. The Morgan fingerprint density at radius 2 is 2.17 bits per heavy atom. The van der Waals surface area contributed by atoms with Crippen LogP contribution in [-0.4, -0.2) is 17.6 Å². The van der Waals surface area contributed by atoms with Crippen LogP contribution in [0.1, 0.15) is 10.6 Å². The average Bonchev–Trinajstić information content (AvgIpc) is 2.83. The maximum absolute atomic E-state index is 12.2. The number of ether oxygens (including phenoxy) is 1. The van der Waals surface area contributed by atoms with Gasteiger partial charge >= 0.3 is 0 Å². The number of hydrogen-bond donors (Lipinski definition) is 0. The van der Waals surface area contributed by atoms with E-state index in [1.54, 1.807) is 17.8 Å². The zero-order valence-electron chi connectivity index (χ0n) is 9.26. The first-order valence-corrected chi connectivity index (χ1v) is 7.19. The summed E-state index contributed by atoms with van der Waals surface area (Å²) in [5.74, 6) is 1.55. The lowest BCUT2D eigenvalue weighted by Crippen LogP contribution is -2.32. The molecule has 92 valence electrons. The first-order chi connectivity index (χ1) is 8.75. The minimum Gasteiger partial charge on any atom is -0.480 e. The predicted molar refractivity (Wildman–Crippen MR) is 72.3 cm³/mol. The Morgan fingerprint density at radius 3 is 2.94 bits per heavy atom. The molecule has 2 heterocycles. The number of thioether (sulfide) groups is 1. The van der Waals surface area contributed by atoms with Crippen LogP contribution in [0.25, 0.3) is 0 Å². The second kappa shape index (κ2) is 4.82. The monoisotopic (exact) mass is 324 g/mol. The van der Waals surface area contributed by atoms with Gasteiger partial charge in [0.1, 0.15) is 5.75 Å². The molecule has 1 aromatic heterocycles. The lowest BCUT2D eigenvalue weighted by atomic mass is 10.2. The van der Waals surface area contributed by atoms with Gasteiger partial charge in [-0.05, 0) is 34.1 Å². The molecule has 0 N–H and O–H groups in total. The molecule has 5 heteroatoms. The molecule has 0 amide bonds. The van der Waals surface area contributed by atoms with Crippen LogP contribution in [0, 0.1) is 0 Å². The van der Waals surface area contributed by atoms with Gasteiger partial charge in [-0.1, -0.05) is 12.1 Å². The van der Waals surface area contributed by atoms with Gasteiger partial charge in [0.25, 0.3) is 0 Å². The SMILES string of the molecule is O=C(c1occc1Br)C1CSc2ccccc2O1. The molecule has 0 spiro atoms. The van der Waals surface area contributed by atoms with Gasteiger partial charge in [-0.25, -0.2) is 0 Å². The van der Waals surface area contributed by atoms with E-state index in [1.807, 2.05) is 24.3 Å². The number of fused-ring (bicyclic) bond motifs is 1. The molecule has 18 heavy (non-hydrogen) atoms. The molecular weight excluding hydrogens is 316 g/mol. The Hall–Kier alpha value is -1.20. The number of carbonyl (C=O) groups excluding carboxylic acids is 1. The highest BCUT2D eigenvalue weighted by molar-refractivity contribution is 9.10. The van der Waals surface area contributed by atoms with Gasteiger partial charge < -0.3 is 9.15 Å². The molecule has 3 rings (SSSR count). The Morgan fingerprint density at radius 1 is 1.33 bits per heavy atom. The summed E-state index contributed by atoms with van der Waals surface area (Å²) in [6, 6.07) is 9.43. The molecule has 3 nitrogen and oxygen atoms in total. The summed E-state index contributed by atoms with van der Waals surface area (Å²) < 4.78 is 11.6. The molecule has 0 saturated carbocycles. The lowest BCUT2D eigenvalue weighted by Gasteiger charge is -2.23. The van der Waals surface area contributed by atoms with Crippen LogP contribution >= 0.6 is 27.7 Å². The second-order valence-corrected chi connectivity index (χ2v) is 5.74. The molecule has 1 aliphatic rings. The molecule has 1 unspecified atom stereocenters. The van der Waals surface area contributed by atoms with Crippen molar-refractivity contribution in [2.45, 2.75) is 11.0 Å². The highest BCUT2D eigenvalue weighted by Gasteiger charge is 2.30. The van der Waals surface area contributed by atoms with Crippen LogP contribution in [0.4, 0.5) is 0 Å². The summed E-state index contributed by atoms with van der Waals surface area (Å²) in [5.41, 5.74) is 0. The third kappa shape index (κ3) is 2.08. The molecular formula is C13H9BrO3S. The lowest BCUT2D eigenvalue weighted by molar-refractivity contribution is 0.0785. The predicted octanol–water partition coefficient (Wildman–Crippen LogP) is 3.78. The molecule has 0 bridgehead atoms. The summed E-state index contributed by atoms with van der Waals surface area (Å²) in [6.45, 7) is 0. The van der Waals surface area contributed by atoms with E-state index in [0.29, 0.717) is 16.0 Å². The molecule has 1 atom stereocenters. The highest BCUT2D eigenvalue weighted by atomic mass is 79.9. The standard InChI is InChI=1S/C13H9BrO3S/c14-8-5-6-16-13(8)12(15)10-7-18-11-4-2-1-3-9(11)17-10/h1-6,10H,7H2. The maximum Gasteiger partial charge on any atom is 0.240 e. The Labute approximate surface area is 117 Å². The molecule has 1 aromatic carbocycles. The molecule has 0 aliphatic carbocycles. The van der Waals surface area contributed by atoms with Crippen LogP contribution in [0.2, 0.25) is 0 Å². The van der Waals surface area contributed by atoms with Crippen LogP contribution in [0.3, 0.4) is 0 Å². The van der Waals surface area contributed by atoms with Crippen LogP contribution in [-0.2, 0) is 0 Å². The Kier molecular flexibility index (Phi) is 3.18. The fourth-order valence-corrected chi connectivity index (χ4v) is 3.14. The number of carbonyl (C=O) groups is 1. The summed E-state index contributed by atoms with van der Waals surface area (Å²) in [4.78, 5) is 13.3. The number of para-hydroxylation sites is 1. The van der Waals surface area contributed by atoms with Crippen molar-refractivity contribution >= 4 is 33.5 Å². The summed E-state index contributed by atoms with van der Waals surface area (Å²) >= 11 is 4.91. The average molecular weight is 325 g/mol. The van der Waals surface area contributed by atoms with E-state index in [1.165, 1.54) is 6.26 Å². The highest BCUT2D eigenvalue weighted by Crippen LogP contribution is 2.36. The minimum absolute atomic E-state index is 0.131. The third-order valence-corrected chi connectivity index (χ3v) is 4.38. The van der Waals surface area contributed by atoms with E-state index in [4.69, 9.17) is 9.15 Å². The van der Waals surface area contributed by atoms with E-state index >= 15 is 0 Å². The zero-order valence-corrected chi connectivity index (χ0v) is 11.7. The van der Waals surface area contributed by atoms with Gasteiger partial charge in [-0.2, -0.15) is 0 Å². The summed E-state index contributed by atoms with van der Waals surface area (Å²) in [6.07, 6.45) is 0.994. The van der Waals surface area contributed by atoms with E-state index in [2.05, 4.69) is 15.9 Å². The molecule has 0 radical (unpaired) electrons. The number of furan rings is 1. The maximum atomic E-state index is 12.2. The van der Waals surface area contributed by atoms with Gasteiger partial charge in [-0.3, -0.25) is 4.79 Å². The number of hydrogen-bond acceptors (Lipinski definition) is 4. The van der Waals surface area contributed by atoms with Crippen molar-refractivity contribution in [1.29, 1.82) is 0 Å². The molecule has 2 aromatic rings. The van der Waals surface area contributed by atoms with Gasteiger partial charge in [0, 0.05) is 10.6 Å². The number of ketones is 1. The zero-order chi connectivity index (χ0) is 12.5. The number of Topliss-reactive ketones (excluding diaryl/α,β-unsaturated/α-hetero) is 1. The van der Waals surface area contributed by atoms with Crippen LogP contribution in [0.15, 0.2) is 50.4 Å². The second-order valence-electron chi connectivity index (χ2n) is 3.83. The third-order valence-electron chi connectivity index (χ3n) is 2.64. The van der Waals surface area contributed by atoms with Crippen molar-refractivity contribution in [3.8, 4) is 5.75 Å². The fourth-order valence-electron chi connectivity index (χ4n) is 1.76. The fraction of sp³-hybridized carbons (Fsp3) is 0.154. The first-order valence-electron chi connectivity index (χ1n) is 5.41. The van der Waals surface area contributed by atoms with Crippen molar-refractivity contribution < 1.29 is 13.9 Å². The van der Waals surface area contributed by atoms with Crippen LogP contribution in [0.5, 0.6) is 5.75 Å². The van der Waals surface area contributed by atoms with E-state index in [0.717, 1.165) is 10.6 Å². The molecule has 0 fully saturated rings. The quantitative estimate of drug-likeness (QED) is 0.788. The normalized spacial score (nSPS) is 17.9. The Bertz CT molecular complexity index is 593. The van der Waals surface area contributed by atoms with Crippen LogP contribution < -0.4 is 4.74 Å². The number of rotatable bonds is 2. The van der Waals surface area contributed by atoms with Crippen molar-refractivity contribution in [2.24, 2.45) is 0 Å². The van der Waals surface area contributed by atoms with E-state index in [9.17, 15) is 4.79 Å². The Balaban J connectivity index is 1.84. The minimum atomic E-state index is -0.493. The largest absolute Gasteiger partial charge is 0.480 e. The van der Waals surface area contributed by atoms with Crippen molar-refractivity contribution in [3.63, 3.8) is 0 Å². The first kappa shape index (κ1) is 11.9. The van der Waals surface area contributed by atoms with Crippen molar-refractivity contribution in [3.05, 3.63) is 46.8 Å². The molecule has 0 saturated heterocycles. The van der Waals surface area contributed by atoms with Gasteiger partial charge in [0.2, 0.25) is 5.78 Å². The topological polar surface area (TPSA) is 39.4 Å². The number of halogens is 1. The van der Waals surface area contributed by atoms with Gasteiger partial charge in [-0.15, -0.1) is 11.8 Å². The summed E-state index contributed by atoms with van der Waals surface area (Å²) in [7, 11) is 0. The number of benzene rings is 1. The van der Waals surface area contributed by atoms with E-state index < -0.39 is 6.10 Å². The van der Waals surface area contributed by atoms with E-state index in [-0.39, 0.29) is 5.78 Å². The molecule has 1 aliphatic heterocycles. The van der Waals surface area contributed by atoms with Crippen molar-refractivity contribution in [2.75, 3.05) is 5.75 Å². The van der Waals surface area contributed by atoms with Gasteiger partial charge in [0.15, 0.2) is 11.9 Å². The smallest absolute Gasteiger partial charge is 0.240 e.